The molecule has 1 amide bonds. The predicted octanol–water partition coefficient (Wildman–Crippen LogP) is 2.67. The Bertz CT molecular complexity index is 817. The minimum atomic E-state index is -0.480. The van der Waals surface area contributed by atoms with E-state index in [1.807, 2.05) is 25.1 Å². The van der Waals surface area contributed by atoms with Crippen LogP contribution in [0, 0.1) is 10.1 Å². The third-order valence-corrected chi connectivity index (χ3v) is 5.53. The van der Waals surface area contributed by atoms with Gasteiger partial charge in [-0.05, 0) is 37.8 Å². The maximum Gasteiger partial charge on any atom is 0.324 e. The van der Waals surface area contributed by atoms with Gasteiger partial charge >= 0.3 is 5.00 Å². The van der Waals surface area contributed by atoms with Crippen molar-refractivity contribution >= 4 is 34.0 Å². The number of aromatic nitrogens is 2. The summed E-state index contributed by atoms with van der Waals surface area (Å²) in [4.78, 5) is 33.5. The van der Waals surface area contributed by atoms with Gasteiger partial charge in [0.25, 0.3) is 5.91 Å². The summed E-state index contributed by atoms with van der Waals surface area (Å²) in [7, 11) is 3.87. The van der Waals surface area contributed by atoms with Crippen molar-refractivity contribution in [2.75, 3.05) is 24.3 Å². The summed E-state index contributed by atoms with van der Waals surface area (Å²) in [5.41, 5.74) is 0. The fraction of sp³-hybridized carbons (Fsp3) is 0.471. The van der Waals surface area contributed by atoms with Crippen molar-refractivity contribution in [1.82, 2.24) is 15.3 Å². The van der Waals surface area contributed by atoms with Crippen LogP contribution in [0.4, 0.5) is 16.8 Å². The number of hydrogen-bond donors (Lipinski definition) is 2. The highest BCUT2D eigenvalue weighted by Gasteiger charge is 2.24. The molecule has 0 atom stereocenters. The topological polar surface area (TPSA) is 113 Å². The first-order valence-corrected chi connectivity index (χ1v) is 9.56. The van der Waals surface area contributed by atoms with Gasteiger partial charge in [-0.2, -0.15) is 4.98 Å². The van der Waals surface area contributed by atoms with Gasteiger partial charge in [0.1, 0.15) is 5.82 Å². The molecule has 0 aliphatic heterocycles. The second-order valence-electron chi connectivity index (χ2n) is 6.69. The summed E-state index contributed by atoms with van der Waals surface area (Å²) < 4.78 is 0. The molecule has 27 heavy (non-hydrogen) atoms. The zero-order valence-corrected chi connectivity index (χ0v) is 16.0. The lowest BCUT2D eigenvalue weighted by Crippen LogP contribution is -2.40. The van der Waals surface area contributed by atoms with Gasteiger partial charge in [-0.15, -0.1) is 0 Å². The number of carbonyl (C=O) groups excluding carboxylic acids is 1. The number of amides is 1. The molecule has 2 aromatic heterocycles. The summed E-state index contributed by atoms with van der Waals surface area (Å²) >= 11 is 0.900. The SMILES string of the molecule is CN(C)c1ccnc(NC2CCC(NC(=O)c3ccc([N+](=O)[O-])s3)CC2)n1. The molecule has 1 aliphatic rings. The molecule has 0 spiro atoms. The second-order valence-corrected chi connectivity index (χ2v) is 7.76. The standard InChI is InChI=1S/C17H22N6O3S/c1-22(2)14-9-10-18-17(21-14)20-12-5-3-11(4-6-12)19-16(24)13-7-8-15(27-13)23(25)26/h7-12H,3-6H2,1-2H3,(H,19,24)(H,18,20,21). The molecule has 1 fully saturated rings. The molecule has 2 aromatic rings. The summed E-state index contributed by atoms with van der Waals surface area (Å²) in [6.07, 6.45) is 5.20. The van der Waals surface area contributed by atoms with Crippen LogP contribution in [-0.4, -0.2) is 47.0 Å². The fourth-order valence-electron chi connectivity index (χ4n) is 3.04. The first kappa shape index (κ1) is 19.0. The van der Waals surface area contributed by atoms with Crippen LogP contribution in [0.2, 0.25) is 0 Å². The van der Waals surface area contributed by atoms with Gasteiger partial charge in [0.05, 0.1) is 9.80 Å². The Hall–Kier alpha value is -2.75. The predicted molar refractivity (Wildman–Crippen MR) is 104 cm³/mol. The van der Waals surface area contributed by atoms with E-state index in [1.54, 1.807) is 6.20 Å². The Labute approximate surface area is 161 Å². The lowest BCUT2D eigenvalue weighted by molar-refractivity contribution is -0.380. The molecule has 1 saturated carbocycles. The van der Waals surface area contributed by atoms with Crippen molar-refractivity contribution in [3.63, 3.8) is 0 Å². The molecule has 1 aliphatic carbocycles. The van der Waals surface area contributed by atoms with Crippen LogP contribution in [0.15, 0.2) is 24.4 Å². The second kappa shape index (κ2) is 8.30. The van der Waals surface area contributed by atoms with E-state index in [0.717, 1.165) is 42.8 Å². The molecule has 144 valence electrons. The third-order valence-electron chi connectivity index (χ3n) is 4.49. The van der Waals surface area contributed by atoms with Crippen LogP contribution in [0.5, 0.6) is 0 Å². The molecular formula is C17H22N6O3S. The van der Waals surface area contributed by atoms with Crippen LogP contribution in [0.1, 0.15) is 35.4 Å². The number of rotatable bonds is 6. The lowest BCUT2D eigenvalue weighted by Gasteiger charge is -2.29. The highest BCUT2D eigenvalue weighted by Crippen LogP contribution is 2.25. The van der Waals surface area contributed by atoms with E-state index in [-0.39, 0.29) is 23.0 Å². The minimum Gasteiger partial charge on any atom is -0.363 e. The zero-order chi connectivity index (χ0) is 19.4. The van der Waals surface area contributed by atoms with E-state index < -0.39 is 4.92 Å². The number of thiophene rings is 1. The van der Waals surface area contributed by atoms with Crippen LogP contribution < -0.4 is 15.5 Å². The molecule has 0 unspecified atom stereocenters. The molecule has 0 aromatic carbocycles. The van der Waals surface area contributed by atoms with Gasteiger partial charge in [0, 0.05) is 38.4 Å². The number of anilines is 2. The molecule has 0 bridgehead atoms. The lowest BCUT2D eigenvalue weighted by atomic mass is 9.91. The molecule has 3 rings (SSSR count). The zero-order valence-electron chi connectivity index (χ0n) is 15.2. The van der Waals surface area contributed by atoms with E-state index in [0.29, 0.717) is 10.8 Å². The van der Waals surface area contributed by atoms with Gasteiger partial charge in [-0.3, -0.25) is 14.9 Å². The Morgan fingerprint density at radius 2 is 1.93 bits per heavy atom. The van der Waals surface area contributed by atoms with Gasteiger partial charge in [-0.25, -0.2) is 4.98 Å². The monoisotopic (exact) mass is 390 g/mol. The molecular weight excluding hydrogens is 368 g/mol. The molecule has 0 radical (unpaired) electrons. The Morgan fingerprint density at radius 3 is 2.56 bits per heavy atom. The first-order valence-electron chi connectivity index (χ1n) is 8.74. The number of nitrogens with zero attached hydrogens (tertiary/aromatic N) is 4. The van der Waals surface area contributed by atoms with E-state index in [1.165, 1.54) is 12.1 Å². The summed E-state index contributed by atoms with van der Waals surface area (Å²) in [5.74, 6) is 1.21. The Morgan fingerprint density at radius 1 is 1.22 bits per heavy atom. The number of hydrogen-bond acceptors (Lipinski definition) is 8. The van der Waals surface area contributed by atoms with Crippen LogP contribution >= 0.6 is 11.3 Å². The van der Waals surface area contributed by atoms with Crippen molar-refractivity contribution in [2.45, 2.75) is 37.8 Å². The minimum absolute atomic E-state index is 0.0204. The average molecular weight is 390 g/mol. The van der Waals surface area contributed by atoms with Crippen molar-refractivity contribution in [1.29, 1.82) is 0 Å². The van der Waals surface area contributed by atoms with Crippen LogP contribution in [-0.2, 0) is 0 Å². The molecule has 10 heteroatoms. The molecule has 9 nitrogen and oxygen atoms in total. The summed E-state index contributed by atoms with van der Waals surface area (Å²) in [6.45, 7) is 0. The third kappa shape index (κ3) is 4.91. The fourth-order valence-corrected chi connectivity index (χ4v) is 3.76. The normalized spacial score (nSPS) is 19.3. The quantitative estimate of drug-likeness (QED) is 0.576. The summed E-state index contributed by atoms with van der Waals surface area (Å²) in [5, 5.41) is 17.1. The van der Waals surface area contributed by atoms with Crippen molar-refractivity contribution < 1.29 is 9.72 Å². The largest absolute Gasteiger partial charge is 0.363 e. The molecule has 2 heterocycles. The van der Waals surface area contributed by atoms with Crippen LogP contribution in [0.25, 0.3) is 0 Å². The van der Waals surface area contributed by atoms with Gasteiger partial charge in [0.15, 0.2) is 0 Å². The number of nitro groups is 1. The highest BCUT2D eigenvalue weighted by molar-refractivity contribution is 7.17. The smallest absolute Gasteiger partial charge is 0.324 e. The molecule has 0 saturated heterocycles. The maximum atomic E-state index is 12.3. The van der Waals surface area contributed by atoms with Crippen LogP contribution in [0.3, 0.4) is 0 Å². The first-order chi connectivity index (χ1) is 12.9. The van der Waals surface area contributed by atoms with Crippen molar-refractivity contribution in [3.05, 3.63) is 39.4 Å². The van der Waals surface area contributed by atoms with E-state index in [2.05, 4.69) is 20.6 Å². The van der Waals surface area contributed by atoms with E-state index in [4.69, 9.17) is 0 Å². The Kier molecular flexibility index (Phi) is 5.84. The van der Waals surface area contributed by atoms with E-state index >= 15 is 0 Å². The highest BCUT2D eigenvalue weighted by atomic mass is 32.1. The van der Waals surface area contributed by atoms with Crippen molar-refractivity contribution in [3.8, 4) is 0 Å². The summed E-state index contributed by atoms with van der Waals surface area (Å²) in [6, 6.07) is 5.05. The maximum absolute atomic E-state index is 12.3. The van der Waals surface area contributed by atoms with Gasteiger partial charge in [0.2, 0.25) is 5.95 Å². The average Bonchev–Trinajstić information content (AvgIpc) is 3.14. The van der Waals surface area contributed by atoms with Crippen molar-refractivity contribution in [2.24, 2.45) is 0 Å². The van der Waals surface area contributed by atoms with E-state index in [9.17, 15) is 14.9 Å². The molecule has 2 N–H and O–H groups in total. The van der Waals surface area contributed by atoms with Gasteiger partial charge < -0.3 is 15.5 Å². The Balaban J connectivity index is 1.49. The number of carbonyl (C=O) groups is 1. The van der Waals surface area contributed by atoms with Gasteiger partial charge in [-0.1, -0.05) is 11.3 Å². The number of nitrogens with one attached hydrogen (secondary N) is 2.